The summed E-state index contributed by atoms with van der Waals surface area (Å²) in [5, 5.41) is 0. The fourth-order valence-electron chi connectivity index (χ4n) is 4.34. The van der Waals surface area contributed by atoms with Gasteiger partial charge < -0.3 is 9.47 Å². The second-order valence-electron chi connectivity index (χ2n) is 8.47. The third-order valence-electron chi connectivity index (χ3n) is 6.13. The quantitative estimate of drug-likeness (QED) is 0.260. The third kappa shape index (κ3) is 3.83. The van der Waals surface area contributed by atoms with E-state index in [1.54, 1.807) is 48.6 Å². The highest BCUT2D eigenvalue weighted by molar-refractivity contribution is 6.14. The molecule has 0 saturated carbocycles. The van der Waals surface area contributed by atoms with E-state index in [1.165, 1.54) is 0 Å². The van der Waals surface area contributed by atoms with Crippen molar-refractivity contribution in [3.8, 4) is 0 Å². The van der Waals surface area contributed by atoms with Crippen molar-refractivity contribution in [2.75, 3.05) is 0 Å². The molecule has 0 aliphatic carbocycles. The zero-order valence-electron chi connectivity index (χ0n) is 18.9. The summed E-state index contributed by atoms with van der Waals surface area (Å²) in [4.78, 5) is 38.2. The number of carbonyl (C=O) groups is 3. The molecule has 5 nitrogen and oxygen atoms in total. The van der Waals surface area contributed by atoms with Gasteiger partial charge in [-0.2, -0.15) is 0 Å². The van der Waals surface area contributed by atoms with Gasteiger partial charge in [0, 0.05) is 22.3 Å². The minimum absolute atomic E-state index is 0.238. The summed E-state index contributed by atoms with van der Waals surface area (Å²) in [5.74, 6) is -0.337. The molecule has 0 amide bonds. The van der Waals surface area contributed by atoms with Gasteiger partial charge in [0.2, 0.25) is 0 Å². The summed E-state index contributed by atoms with van der Waals surface area (Å²) < 4.78 is 10.9. The highest BCUT2D eigenvalue weighted by Gasteiger charge is 2.30. The maximum absolute atomic E-state index is 13.4. The maximum Gasteiger partial charge on any atom is 0.344 e. The molecule has 5 heteroatoms. The van der Waals surface area contributed by atoms with E-state index in [4.69, 9.17) is 9.47 Å². The highest BCUT2D eigenvalue weighted by Crippen LogP contribution is 2.35. The van der Waals surface area contributed by atoms with Gasteiger partial charge in [-0.25, -0.2) is 9.59 Å². The van der Waals surface area contributed by atoms with Gasteiger partial charge >= 0.3 is 11.9 Å². The molecule has 0 radical (unpaired) electrons. The van der Waals surface area contributed by atoms with Crippen LogP contribution in [-0.2, 0) is 9.47 Å². The molecule has 0 aromatic heterocycles. The van der Waals surface area contributed by atoms with Crippen LogP contribution in [-0.4, -0.2) is 17.7 Å². The summed E-state index contributed by atoms with van der Waals surface area (Å²) >= 11 is 0. The van der Waals surface area contributed by atoms with Crippen molar-refractivity contribution < 1.29 is 23.9 Å². The molecule has 0 spiro atoms. The van der Waals surface area contributed by atoms with E-state index in [1.807, 2.05) is 60.7 Å². The topological polar surface area (TPSA) is 69.7 Å². The SMILES string of the molecule is O=C(c1ccc2c(c1)/C(=C\c1ccccc1)OC2=O)c1ccc2c(c1)/C(=C\c1ccccc1)OC2=O. The number of rotatable bonds is 4. The summed E-state index contributed by atoms with van der Waals surface area (Å²) in [7, 11) is 0. The molecule has 36 heavy (non-hydrogen) atoms. The van der Waals surface area contributed by atoms with Gasteiger partial charge in [0.05, 0.1) is 11.1 Å². The van der Waals surface area contributed by atoms with Crippen molar-refractivity contribution >= 4 is 41.4 Å². The Labute approximate surface area is 206 Å². The van der Waals surface area contributed by atoms with Crippen LogP contribution in [0, 0.1) is 0 Å². The molecule has 0 atom stereocenters. The van der Waals surface area contributed by atoms with Crippen molar-refractivity contribution in [2.45, 2.75) is 0 Å². The first kappa shape index (κ1) is 21.5. The van der Waals surface area contributed by atoms with Gasteiger partial charge in [0.15, 0.2) is 5.78 Å². The maximum atomic E-state index is 13.4. The molecule has 4 aromatic rings. The lowest BCUT2D eigenvalue weighted by Crippen LogP contribution is -2.04. The molecule has 0 unspecified atom stereocenters. The molecular weight excluding hydrogens is 452 g/mol. The van der Waals surface area contributed by atoms with E-state index in [-0.39, 0.29) is 5.78 Å². The first-order valence-corrected chi connectivity index (χ1v) is 11.4. The van der Waals surface area contributed by atoms with Gasteiger partial charge in [-0.15, -0.1) is 0 Å². The Bertz CT molecular complexity index is 1490. The molecular formula is C31H18O5. The Morgan fingerprint density at radius 1 is 0.528 bits per heavy atom. The number of hydrogen-bond acceptors (Lipinski definition) is 5. The van der Waals surface area contributed by atoms with Gasteiger partial charge in [-0.05, 0) is 47.5 Å². The smallest absolute Gasteiger partial charge is 0.344 e. The number of benzene rings is 4. The zero-order valence-corrected chi connectivity index (χ0v) is 18.9. The fraction of sp³-hybridized carbons (Fsp3) is 0. The molecule has 2 aliphatic rings. The van der Waals surface area contributed by atoms with Crippen LogP contribution >= 0.6 is 0 Å². The Kier molecular flexibility index (Phi) is 5.16. The van der Waals surface area contributed by atoms with Crippen LogP contribution in [0.5, 0.6) is 0 Å². The molecule has 0 N–H and O–H groups in total. The zero-order chi connectivity index (χ0) is 24.6. The van der Waals surface area contributed by atoms with E-state index in [0.29, 0.717) is 44.9 Å². The van der Waals surface area contributed by atoms with Crippen molar-refractivity contribution in [1.82, 2.24) is 0 Å². The lowest BCUT2D eigenvalue weighted by molar-refractivity contribution is 0.0707. The van der Waals surface area contributed by atoms with E-state index in [2.05, 4.69) is 0 Å². The van der Waals surface area contributed by atoms with Crippen LogP contribution in [0.2, 0.25) is 0 Å². The minimum Gasteiger partial charge on any atom is -0.422 e. The molecule has 6 rings (SSSR count). The van der Waals surface area contributed by atoms with Crippen molar-refractivity contribution in [2.24, 2.45) is 0 Å². The number of ether oxygens (including phenoxy) is 2. The Morgan fingerprint density at radius 3 is 1.36 bits per heavy atom. The van der Waals surface area contributed by atoms with Gasteiger partial charge in [0.1, 0.15) is 11.5 Å². The summed E-state index contributed by atoms with van der Waals surface area (Å²) in [6, 6.07) is 28.8. The predicted molar refractivity (Wildman–Crippen MR) is 136 cm³/mol. The molecule has 0 fully saturated rings. The highest BCUT2D eigenvalue weighted by atomic mass is 16.5. The second kappa shape index (κ2) is 8.64. The van der Waals surface area contributed by atoms with Crippen LogP contribution < -0.4 is 0 Å². The normalized spacial score (nSPS) is 16.0. The van der Waals surface area contributed by atoms with Crippen LogP contribution in [0.15, 0.2) is 97.1 Å². The summed E-state index contributed by atoms with van der Waals surface area (Å²) in [6.45, 7) is 0. The average Bonchev–Trinajstić information content (AvgIpc) is 3.39. The number of carbonyl (C=O) groups excluding carboxylic acids is 3. The van der Waals surface area contributed by atoms with Crippen LogP contribution in [0.3, 0.4) is 0 Å². The van der Waals surface area contributed by atoms with E-state index in [9.17, 15) is 14.4 Å². The first-order chi connectivity index (χ1) is 17.6. The average molecular weight is 470 g/mol. The minimum atomic E-state index is -0.449. The standard InChI is InChI=1S/C31H18O5/c32-29(21-11-13-23-25(17-21)27(35-30(23)33)15-19-7-3-1-4-8-19)22-12-14-24-26(18-22)28(36-31(24)34)16-20-9-5-2-6-10-20/h1-18H/b27-15+,28-16+. The summed E-state index contributed by atoms with van der Waals surface area (Å²) in [5.41, 5.74) is 4.54. The molecule has 0 bridgehead atoms. The van der Waals surface area contributed by atoms with Gasteiger partial charge in [-0.1, -0.05) is 72.8 Å². The molecule has 4 aromatic carbocycles. The van der Waals surface area contributed by atoms with E-state index < -0.39 is 11.9 Å². The largest absolute Gasteiger partial charge is 0.422 e. The van der Waals surface area contributed by atoms with Crippen LogP contribution in [0.25, 0.3) is 23.7 Å². The van der Waals surface area contributed by atoms with Crippen LogP contribution in [0.1, 0.15) is 58.9 Å². The summed E-state index contributed by atoms with van der Waals surface area (Å²) in [6.07, 6.45) is 3.55. The molecule has 2 aliphatic heterocycles. The Morgan fingerprint density at radius 2 is 0.944 bits per heavy atom. The van der Waals surface area contributed by atoms with Crippen molar-refractivity contribution in [3.63, 3.8) is 0 Å². The number of hydrogen-bond donors (Lipinski definition) is 0. The monoisotopic (exact) mass is 470 g/mol. The van der Waals surface area contributed by atoms with Crippen LogP contribution in [0.4, 0.5) is 0 Å². The lowest BCUT2D eigenvalue weighted by Gasteiger charge is -2.06. The fourth-order valence-corrected chi connectivity index (χ4v) is 4.34. The molecule has 0 saturated heterocycles. The third-order valence-corrected chi connectivity index (χ3v) is 6.13. The molecule has 172 valence electrons. The van der Waals surface area contributed by atoms with Crippen molar-refractivity contribution in [3.05, 3.63) is 142 Å². The number of cyclic esters (lactones) is 2. The molecule has 2 heterocycles. The number of esters is 2. The second-order valence-corrected chi connectivity index (χ2v) is 8.47. The van der Waals surface area contributed by atoms with E-state index >= 15 is 0 Å². The van der Waals surface area contributed by atoms with E-state index in [0.717, 1.165) is 11.1 Å². The predicted octanol–water partition coefficient (Wildman–Crippen LogP) is 6.25. The van der Waals surface area contributed by atoms with Crippen molar-refractivity contribution in [1.29, 1.82) is 0 Å². The Balaban J connectivity index is 1.37. The number of fused-ring (bicyclic) bond motifs is 2. The Hall–Kier alpha value is -5.03. The van der Waals surface area contributed by atoms with Gasteiger partial charge in [-0.3, -0.25) is 4.79 Å². The lowest BCUT2D eigenvalue weighted by atomic mass is 9.95. The van der Waals surface area contributed by atoms with Gasteiger partial charge in [0.25, 0.3) is 0 Å². The number of ketones is 1. The first-order valence-electron chi connectivity index (χ1n) is 11.4.